The number of aromatic nitrogens is 1. The molecular weight excluding hydrogens is 388 g/mol. The second-order valence-electron chi connectivity index (χ2n) is 6.44. The first-order chi connectivity index (χ1) is 14.2. The highest BCUT2D eigenvalue weighted by molar-refractivity contribution is 7.22. The van der Waals surface area contributed by atoms with Gasteiger partial charge in [-0.1, -0.05) is 41.7 Å². The molecule has 3 aromatic carbocycles. The van der Waals surface area contributed by atoms with E-state index in [9.17, 15) is 9.59 Å². The van der Waals surface area contributed by atoms with Crippen LogP contribution in [0.5, 0.6) is 5.75 Å². The average molecular weight is 402 g/mol. The summed E-state index contributed by atoms with van der Waals surface area (Å²) in [5.41, 5.74) is 0.845. The standard InChI is InChI=1S/C22H14N2O4S/c25-19(12-27-15-8-5-14-7-10-20(26)28-17(14)11-15)23-22-24-21-16-4-2-1-3-13(16)6-9-18(21)29-22/h1-11H,12H2,(H,23,24,25). The van der Waals surface area contributed by atoms with Gasteiger partial charge in [0, 0.05) is 22.9 Å². The first-order valence-corrected chi connectivity index (χ1v) is 9.72. The van der Waals surface area contributed by atoms with Crippen LogP contribution in [0.4, 0.5) is 5.13 Å². The van der Waals surface area contributed by atoms with E-state index in [0.29, 0.717) is 16.5 Å². The molecule has 1 N–H and O–H groups in total. The number of hydrogen-bond donors (Lipinski definition) is 1. The summed E-state index contributed by atoms with van der Waals surface area (Å²) in [6, 6.07) is 20.2. The highest BCUT2D eigenvalue weighted by atomic mass is 32.1. The van der Waals surface area contributed by atoms with Gasteiger partial charge in [0.2, 0.25) is 0 Å². The topological polar surface area (TPSA) is 81.4 Å². The maximum atomic E-state index is 12.3. The number of benzene rings is 3. The molecule has 29 heavy (non-hydrogen) atoms. The first kappa shape index (κ1) is 17.4. The van der Waals surface area contributed by atoms with Crippen LogP contribution in [-0.4, -0.2) is 17.5 Å². The van der Waals surface area contributed by atoms with Crippen molar-refractivity contribution in [2.75, 3.05) is 11.9 Å². The molecule has 5 rings (SSSR count). The minimum Gasteiger partial charge on any atom is -0.484 e. The van der Waals surface area contributed by atoms with Gasteiger partial charge >= 0.3 is 5.63 Å². The van der Waals surface area contributed by atoms with E-state index in [1.165, 1.54) is 17.4 Å². The zero-order valence-electron chi connectivity index (χ0n) is 15.0. The van der Waals surface area contributed by atoms with Crippen LogP contribution < -0.4 is 15.7 Å². The van der Waals surface area contributed by atoms with E-state index in [4.69, 9.17) is 9.15 Å². The van der Waals surface area contributed by atoms with Gasteiger partial charge in [-0.15, -0.1) is 0 Å². The fraction of sp³-hybridized carbons (Fsp3) is 0.0455. The van der Waals surface area contributed by atoms with E-state index in [-0.39, 0.29) is 12.5 Å². The summed E-state index contributed by atoms with van der Waals surface area (Å²) in [6.45, 7) is -0.181. The molecule has 0 saturated carbocycles. The quantitative estimate of drug-likeness (QED) is 0.445. The SMILES string of the molecule is O=C(COc1ccc2ccc(=O)oc2c1)Nc1nc2c(ccc3ccccc32)s1. The predicted octanol–water partition coefficient (Wildman–Crippen LogP) is 4.57. The number of rotatable bonds is 4. The molecule has 6 nitrogen and oxygen atoms in total. The Morgan fingerprint density at radius 2 is 1.86 bits per heavy atom. The second-order valence-corrected chi connectivity index (χ2v) is 7.47. The summed E-state index contributed by atoms with van der Waals surface area (Å²) in [5, 5.41) is 6.24. The molecule has 0 fully saturated rings. The molecule has 2 heterocycles. The van der Waals surface area contributed by atoms with Crippen molar-refractivity contribution in [3.05, 3.63) is 77.2 Å². The van der Waals surface area contributed by atoms with Crippen molar-refractivity contribution >= 4 is 54.3 Å². The van der Waals surface area contributed by atoms with Gasteiger partial charge in [0.25, 0.3) is 5.91 Å². The van der Waals surface area contributed by atoms with Crippen LogP contribution in [0.15, 0.2) is 75.9 Å². The highest BCUT2D eigenvalue weighted by Crippen LogP contribution is 2.31. The number of ether oxygens (including phenoxy) is 1. The molecule has 5 aromatic rings. The van der Waals surface area contributed by atoms with Gasteiger partial charge in [0.05, 0.1) is 10.2 Å². The Morgan fingerprint density at radius 1 is 1.03 bits per heavy atom. The summed E-state index contributed by atoms with van der Waals surface area (Å²) < 4.78 is 11.7. The molecule has 0 unspecified atom stereocenters. The summed E-state index contributed by atoms with van der Waals surface area (Å²) in [4.78, 5) is 28.2. The lowest BCUT2D eigenvalue weighted by molar-refractivity contribution is -0.118. The summed E-state index contributed by atoms with van der Waals surface area (Å²) in [5.74, 6) is 0.125. The van der Waals surface area contributed by atoms with E-state index >= 15 is 0 Å². The lowest BCUT2D eigenvalue weighted by Crippen LogP contribution is -2.20. The molecule has 0 spiro atoms. The van der Waals surface area contributed by atoms with E-state index in [2.05, 4.69) is 10.3 Å². The zero-order chi connectivity index (χ0) is 19.8. The van der Waals surface area contributed by atoms with Gasteiger partial charge in [0.15, 0.2) is 11.7 Å². The third kappa shape index (κ3) is 3.43. The number of carbonyl (C=O) groups is 1. The molecular formula is C22H14N2O4S. The van der Waals surface area contributed by atoms with E-state index < -0.39 is 5.63 Å². The predicted molar refractivity (Wildman–Crippen MR) is 114 cm³/mol. The smallest absolute Gasteiger partial charge is 0.336 e. The van der Waals surface area contributed by atoms with Crippen LogP contribution in [0, 0.1) is 0 Å². The van der Waals surface area contributed by atoms with Crippen LogP contribution in [0.25, 0.3) is 32.0 Å². The van der Waals surface area contributed by atoms with Crippen LogP contribution in [0.2, 0.25) is 0 Å². The van der Waals surface area contributed by atoms with Gasteiger partial charge in [-0.25, -0.2) is 9.78 Å². The van der Waals surface area contributed by atoms with Crippen LogP contribution >= 0.6 is 11.3 Å². The van der Waals surface area contributed by atoms with Crippen molar-refractivity contribution in [3.63, 3.8) is 0 Å². The van der Waals surface area contributed by atoms with Crippen molar-refractivity contribution in [3.8, 4) is 5.75 Å². The lowest BCUT2D eigenvalue weighted by Gasteiger charge is -2.06. The minimum atomic E-state index is -0.434. The highest BCUT2D eigenvalue weighted by Gasteiger charge is 2.11. The Kier molecular flexibility index (Phi) is 4.22. The van der Waals surface area contributed by atoms with Crippen molar-refractivity contribution in [2.24, 2.45) is 0 Å². The summed E-state index contributed by atoms with van der Waals surface area (Å²) in [7, 11) is 0. The lowest BCUT2D eigenvalue weighted by atomic mass is 10.1. The third-order valence-electron chi connectivity index (χ3n) is 4.49. The Hall–Kier alpha value is -3.71. The monoisotopic (exact) mass is 402 g/mol. The second kappa shape index (κ2) is 7.03. The zero-order valence-corrected chi connectivity index (χ0v) is 15.9. The molecule has 0 aliphatic rings. The molecule has 7 heteroatoms. The van der Waals surface area contributed by atoms with Gasteiger partial charge < -0.3 is 9.15 Å². The Bertz CT molecular complexity index is 1440. The molecule has 2 aromatic heterocycles. The van der Waals surface area contributed by atoms with Gasteiger partial charge in [-0.3, -0.25) is 10.1 Å². The van der Waals surface area contributed by atoms with Crippen molar-refractivity contribution < 1.29 is 13.9 Å². The Morgan fingerprint density at radius 3 is 2.79 bits per heavy atom. The van der Waals surface area contributed by atoms with Crippen LogP contribution in [0.1, 0.15) is 0 Å². The molecule has 0 radical (unpaired) electrons. The molecule has 0 bridgehead atoms. The van der Waals surface area contributed by atoms with E-state index in [1.807, 2.05) is 36.4 Å². The molecule has 142 valence electrons. The fourth-order valence-corrected chi connectivity index (χ4v) is 4.05. The van der Waals surface area contributed by atoms with Crippen molar-refractivity contribution in [2.45, 2.75) is 0 Å². The maximum absolute atomic E-state index is 12.3. The third-order valence-corrected chi connectivity index (χ3v) is 5.43. The fourth-order valence-electron chi connectivity index (χ4n) is 3.15. The number of nitrogens with one attached hydrogen (secondary N) is 1. The van der Waals surface area contributed by atoms with Crippen LogP contribution in [0.3, 0.4) is 0 Å². The number of thiazole rings is 1. The van der Waals surface area contributed by atoms with Gasteiger partial charge in [-0.2, -0.15) is 0 Å². The van der Waals surface area contributed by atoms with E-state index in [0.717, 1.165) is 26.4 Å². The van der Waals surface area contributed by atoms with Gasteiger partial charge in [-0.05, 0) is 29.7 Å². The number of amides is 1. The number of nitrogens with zero attached hydrogens (tertiary/aromatic N) is 1. The normalized spacial score (nSPS) is 11.2. The number of carbonyl (C=O) groups excluding carboxylic acids is 1. The molecule has 0 atom stereocenters. The Balaban J connectivity index is 1.32. The maximum Gasteiger partial charge on any atom is 0.336 e. The van der Waals surface area contributed by atoms with Crippen LogP contribution in [-0.2, 0) is 4.79 Å². The molecule has 0 aliphatic carbocycles. The molecule has 0 aliphatic heterocycles. The summed E-state index contributed by atoms with van der Waals surface area (Å²) >= 11 is 1.42. The Labute approximate surface area is 168 Å². The number of hydrogen-bond acceptors (Lipinski definition) is 6. The summed E-state index contributed by atoms with van der Waals surface area (Å²) in [6.07, 6.45) is 0. The molecule has 0 saturated heterocycles. The first-order valence-electron chi connectivity index (χ1n) is 8.91. The van der Waals surface area contributed by atoms with Crippen molar-refractivity contribution in [1.29, 1.82) is 0 Å². The largest absolute Gasteiger partial charge is 0.484 e. The van der Waals surface area contributed by atoms with Gasteiger partial charge in [0.1, 0.15) is 11.3 Å². The average Bonchev–Trinajstić information content (AvgIpc) is 3.15. The van der Waals surface area contributed by atoms with Crippen molar-refractivity contribution in [1.82, 2.24) is 4.98 Å². The number of fused-ring (bicyclic) bond motifs is 4. The molecule has 1 amide bonds. The minimum absolute atomic E-state index is 0.181. The van der Waals surface area contributed by atoms with E-state index in [1.54, 1.807) is 24.3 Å². The number of anilines is 1.